The zero-order valence-corrected chi connectivity index (χ0v) is 7.73. The van der Waals surface area contributed by atoms with Crippen LogP contribution in [-0.4, -0.2) is 11.3 Å². The lowest BCUT2D eigenvalue weighted by molar-refractivity contribution is -0.118. The molecule has 0 aromatic heterocycles. The number of rotatable bonds is 6. The average molecular weight is 178 g/mol. The summed E-state index contributed by atoms with van der Waals surface area (Å²) in [5.74, 6) is -0.304. The van der Waals surface area contributed by atoms with E-state index in [1.165, 1.54) is 12.8 Å². The molecule has 0 saturated carbocycles. The Morgan fingerprint density at radius 2 is 2.18 bits per heavy atom. The molecule has 0 saturated heterocycles. The van der Waals surface area contributed by atoms with Crippen molar-refractivity contribution >= 4 is 17.5 Å². The van der Waals surface area contributed by atoms with E-state index in [0.717, 1.165) is 12.8 Å². The average Bonchev–Trinajstić information content (AvgIpc) is 1.86. The first kappa shape index (κ1) is 10.8. The van der Waals surface area contributed by atoms with Crippen molar-refractivity contribution in [3.05, 3.63) is 0 Å². The summed E-state index contributed by atoms with van der Waals surface area (Å²) < 4.78 is 0. The Kier molecular flexibility index (Phi) is 6.33. The van der Waals surface area contributed by atoms with Gasteiger partial charge in [0, 0.05) is 11.8 Å². The topological polar surface area (TPSA) is 43.1 Å². The molecule has 1 atom stereocenters. The highest BCUT2D eigenvalue weighted by Gasteiger charge is 2.06. The molecule has 1 unspecified atom stereocenters. The van der Waals surface area contributed by atoms with E-state index < -0.39 is 0 Å². The lowest BCUT2D eigenvalue weighted by atomic mass is 10.1. The van der Waals surface area contributed by atoms with Gasteiger partial charge in [0.1, 0.15) is 0 Å². The minimum absolute atomic E-state index is 0.0564. The Morgan fingerprint density at radius 1 is 1.55 bits per heavy atom. The summed E-state index contributed by atoms with van der Waals surface area (Å²) in [5.41, 5.74) is 4.97. The number of halogens is 1. The number of unbranched alkanes of at least 4 members (excludes halogenated alkanes) is 2. The molecule has 0 radical (unpaired) electrons. The van der Waals surface area contributed by atoms with Crippen molar-refractivity contribution in [2.45, 2.75) is 44.4 Å². The smallest absolute Gasteiger partial charge is 0.218 e. The van der Waals surface area contributed by atoms with Gasteiger partial charge in [-0.1, -0.05) is 26.2 Å². The summed E-state index contributed by atoms with van der Waals surface area (Å²) in [6.45, 7) is 2.14. The van der Waals surface area contributed by atoms with Gasteiger partial charge in [-0.15, -0.1) is 11.6 Å². The highest BCUT2D eigenvalue weighted by Crippen LogP contribution is 2.11. The predicted molar refractivity (Wildman–Crippen MR) is 47.6 cm³/mol. The number of alkyl halides is 1. The largest absolute Gasteiger partial charge is 0.370 e. The van der Waals surface area contributed by atoms with Gasteiger partial charge in [0.05, 0.1) is 0 Å². The summed E-state index contributed by atoms with van der Waals surface area (Å²) in [6.07, 6.45) is 4.67. The van der Waals surface area contributed by atoms with Crippen LogP contribution < -0.4 is 5.73 Å². The van der Waals surface area contributed by atoms with Crippen molar-refractivity contribution in [3.63, 3.8) is 0 Å². The molecule has 0 aromatic rings. The molecule has 0 heterocycles. The molecule has 11 heavy (non-hydrogen) atoms. The van der Waals surface area contributed by atoms with Gasteiger partial charge in [-0.05, 0) is 6.42 Å². The number of nitrogens with two attached hydrogens (primary N) is 1. The van der Waals surface area contributed by atoms with Gasteiger partial charge in [-0.2, -0.15) is 0 Å². The van der Waals surface area contributed by atoms with Crippen LogP contribution in [0.2, 0.25) is 0 Å². The van der Waals surface area contributed by atoms with Gasteiger partial charge < -0.3 is 5.73 Å². The molecule has 0 aromatic carbocycles. The summed E-state index contributed by atoms with van der Waals surface area (Å²) in [5, 5.41) is -0.0564. The van der Waals surface area contributed by atoms with Crippen LogP contribution in [0.1, 0.15) is 39.0 Å². The number of carbonyl (C=O) groups is 1. The SMILES string of the molecule is CCCCCC(Cl)CC(N)=O. The lowest BCUT2D eigenvalue weighted by Gasteiger charge is -2.04. The van der Waals surface area contributed by atoms with Crippen LogP contribution in [0.4, 0.5) is 0 Å². The standard InChI is InChI=1S/C8H16ClNO/c1-2-3-4-5-7(9)6-8(10)11/h7H,2-6H2,1H3,(H2,10,11). The quantitative estimate of drug-likeness (QED) is 0.490. The number of carbonyl (C=O) groups excluding carboxylic acids is 1. The maximum atomic E-state index is 10.4. The summed E-state index contributed by atoms with van der Waals surface area (Å²) in [7, 11) is 0. The van der Waals surface area contributed by atoms with Gasteiger partial charge in [0.25, 0.3) is 0 Å². The zero-order valence-electron chi connectivity index (χ0n) is 6.98. The van der Waals surface area contributed by atoms with E-state index in [4.69, 9.17) is 17.3 Å². The Bertz CT molecular complexity index is 117. The third-order valence-corrected chi connectivity index (χ3v) is 1.92. The Balaban J connectivity index is 3.22. The number of hydrogen-bond acceptors (Lipinski definition) is 1. The highest BCUT2D eigenvalue weighted by molar-refractivity contribution is 6.21. The maximum absolute atomic E-state index is 10.4. The molecule has 1 amide bonds. The van der Waals surface area contributed by atoms with Gasteiger partial charge in [-0.3, -0.25) is 4.79 Å². The minimum Gasteiger partial charge on any atom is -0.370 e. The normalized spacial score (nSPS) is 12.9. The second kappa shape index (κ2) is 6.47. The fraction of sp³-hybridized carbons (Fsp3) is 0.875. The van der Waals surface area contributed by atoms with Crippen LogP contribution in [0.5, 0.6) is 0 Å². The summed E-state index contributed by atoms with van der Waals surface area (Å²) >= 11 is 5.81. The predicted octanol–water partition coefficient (Wildman–Crippen LogP) is 2.05. The Hall–Kier alpha value is -0.240. The monoisotopic (exact) mass is 177 g/mol. The fourth-order valence-corrected chi connectivity index (χ4v) is 1.24. The van der Waals surface area contributed by atoms with Crippen molar-refractivity contribution in [3.8, 4) is 0 Å². The lowest BCUT2D eigenvalue weighted by Crippen LogP contribution is -2.16. The van der Waals surface area contributed by atoms with Gasteiger partial charge in [0.15, 0.2) is 0 Å². The van der Waals surface area contributed by atoms with Crippen LogP contribution >= 0.6 is 11.6 Å². The van der Waals surface area contributed by atoms with E-state index >= 15 is 0 Å². The molecule has 0 aliphatic heterocycles. The van der Waals surface area contributed by atoms with E-state index in [1.807, 2.05) is 0 Å². The molecular formula is C8H16ClNO. The van der Waals surface area contributed by atoms with Crippen LogP contribution in [0.25, 0.3) is 0 Å². The van der Waals surface area contributed by atoms with E-state index in [0.29, 0.717) is 6.42 Å². The molecule has 3 heteroatoms. The minimum atomic E-state index is -0.304. The van der Waals surface area contributed by atoms with Gasteiger partial charge >= 0.3 is 0 Å². The molecule has 2 nitrogen and oxygen atoms in total. The third kappa shape index (κ3) is 7.66. The molecule has 0 spiro atoms. The molecule has 0 rings (SSSR count). The Labute approximate surface area is 73.1 Å². The van der Waals surface area contributed by atoms with Crippen molar-refractivity contribution in [1.82, 2.24) is 0 Å². The first-order valence-corrected chi connectivity index (χ1v) is 4.52. The molecule has 2 N–H and O–H groups in total. The van der Waals surface area contributed by atoms with Crippen LogP contribution in [0, 0.1) is 0 Å². The Morgan fingerprint density at radius 3 is 2.64 bits per heavy atom. The van der Waals surface area contributed by atoms with E-state index in [-0.39, 0.29) is 11.3 Å². The number of primary amides is 1. The van der Waals surface area contributed by atoms with Crippen molar-refractivity contribution in [2.75, 3.05) is 0 Å². The maximum Gasteiger partial charge on any atom is 0.218 e. The van der Waals surface area contributed by atoms with Crippen molar-refractivity contribution < 1.29 is 4.79 Å². The highest BCUT2D eigenvalue weighted by atomic mass is 35.5. The van der Waals surface area contributed by atoms with E-state index in [9.17, 15) is 4.79 Å². The van der Waals surface area contributed by atoms with Gasteiger partial charge in [-0.25, -0.2) is 0 Å². The number of amides is 1. The number of hydrogen-bond donors (Lipinski definition) is 1. The third-order valence-electron chi connectivity index (χ3n) is 1.54. The summed E-state index contributed by atoms with van der Waals surface area (Å²) in [6, 6.07) is 0. The first-order chi connectivity index (χ1) is 5.16. The van der Waals surface area contributed by atoms with Crippen LogP contribution in [0.3, 0.4) is 0 Å². The van der Waals surface area contributed by atoms with Crippen molar-refractivity contribution in [2.24, 2.45) is 5.73 Å². The van der Waals surface area contributed by atoms with Gasteiger partial charge in [0.2, 0.25) is 5.91 Å². The van der Waals surface area contributed by atoms with E-state index in [1.54, 1.807) is 0 Å². The molecule has 0 fully saturated rings. The molecule has 0 aliphatic rings. The fourth-order valence-electron chi connectivity index (χ4n) is 0.936. The van der Waals surface area contributed by atoms with Crippen LogP contribution in [-0.2, 0) is 4.79 Å². The zero-order chi connectivity index (χ0) is 8.69. The molecule has 66 valence electrons. The molecule has 0 bridgehead atoms. The van der Waals surface area contributed by atoms with Crippen molar-refractivity contribution in [1.29, 1.82) is 0 Å². The second-order valence-electron chi connectivity index (χ2n) is 2.76. The molecule has 0 aliphatic carbocycles. The summed E-state index contributed by atoms with van der Waals surface area (Å²) in [4.78, 5) is 10.4. The van der Waals surface area contributed by atoms with E-state index in [2.05, 4.69) is 6.92 Å². The van der Waals surface area contributed by atoms with Crippen LogP contribution in [0.15, 0.2) is 0 Å². The second-order valence-corrected chi connectivity index (χ2v) is 3.38. The molecular weight excluding hydrogens is 162 g/mol. The first-order valence-electron chi connectivity index (χ1n) is 4.09.